The van der Waals surface area contributed by atoms with Crippen LogP contribution in [0.15, 0.2) is 66.0 Å². The first-order valence-corrected chi connectivity index (χ1v) is 13.6. The number of nitrogens with one attached hydrogen (secondary N) is 2. The number of nitrogens with zero attached hydrogens (tertiary/aromatic N) is 2. The van der Waals surface area contributed by atoms with Crippen molar-refractivity contribution >= 4 is 41.1 Å². The van der Waals surface area contributed by atoms with Crippen molar-refractivity contribution in [3.63, 3.8) is 0 Å². The highest BCUT2D eigenvalue weighted by Gasteiger charge is 2.66. The van der Waals surface area contributed by atoms with Crippen LogP contribution in [0.5, 0.6) is 5.75 Å². The third-order valence-electron chi connectivity index (χ3n) is 7.63. The van der Waals surface area contributed by atoms with E-state index < -0.39 is 6.04 Å². The molecule has 2 aromatic carbocycles. The van der Waals surface area contributed by atoms with Gasteiger partial charge in [-0.1, -0.05) is 37.3 Å². The van der Waals surface area contributed by atoms with Gasteiger partial charge in [-0.15, -0.1) is 11.3 Å². The Bertz CT molecular complexity index is 1380. The van der Waals surface area contributed by atoms with Crippen LogP contribution in [-0.2, 0) is 27.5 Å². The van der Waals surface area contributed by atoms with Gasteiger partial charge in [0, 0.05) is 33.5 Å². The number of thiophene rings is 1. The molecule has 0 bridgehead atoms. The van der Waals surface area contributed by atoms with Crippen molar-refractivity contribution in [2.45, 2.75) is 32.5 Å². The molecule has 1 aliphatic carbocycles. The summed E-state index contributed by atoms with van der Waals surface area (Å²) in [6.45, 7) is 3.11. The van der Waals surface area contributed by atoms with Gasteiger partial charge in [0.1, 0.15) is 30.8 Å². The molecule has 10 heteroatoms. The fourth-order valence-electron chi connectivity index (χ4n) is 5.25. The van der Waals surface area contributed by atoms with E-state index in [4.69, 9.17) is 15.9 Å². The van der Waals surface area contributed by atoms with Crippen LogP contribution in [0, 0.1) is 16.7 Å². The highest BCUT2D eigenvalue weighted by molar-refractivity contribution is 7.10. The van der Waals surface area contributed by atoms with Gasteiger partial charge in [0.05, 0.1) is 6.54 Å². The molecule has 3 amide bonds. The molecule has 2 heterocycles. The normalized spacial score (nSPS) is 21.1. The molecule has 0 spiro atoms. The summed E-state index contributed by atoms with van der Waals surface area (Å²) in [7, 11) is 0. The lowest BCUT2D eigenvalue weighted by molar-refractivity contribution is -0.140. The summed E-state index contributed by atoms with van der Waals surface area (Å²) in [6.07, 6.45) is 1.53. The van der Waals surface area contributed by atoms with Crippen LogP contribution in [0.25, 0.3) is 0 Å². The van der Waals surface area contributed by atoms with Gasteiger partial charge in [-0.2, -0.15) is 0 Å². The van der Waals surface area contributed by atoms with Crippen LogP contribution >= 0.6 is 11.3 Å². The number of hydrogen-bond donors (Lipinski definition) is 3. The van der Waals surface area contributed by atoms with Gasteiger partial charge in [0.25, 0.3) is 0 Å². The van der Waals surface area contributed by atoms with E-state index in [1.807, 2.05) is 37.3 Å². The number of anilines is 1. The zero-order chi connectivity index (χ0) is 27.6. The summed E-state index contributed by atoms with van der Waals surface area (Å²) in [5.41, 5.74) is 7.52. The van der Waals surface area contributed by atoms with Crippen LogP contribution < -0.4 is 20.7 Å². The summed E-state index contributed by atoms with van der Waals surface area (Å²) in [5, 5.41) is 12.3. The minimum Gasteiger partial charge on any atom is -0.489 e. The quantitative estimate of drug-likeness (QED) is 0.194. The average molecular weight is 546 g/mol. The Labute approximate surface area is 231 Å². The van der Waals surface area contributed by atoms with E-state index >= 15 is 0 Å². The number of carbonyl (C=O) groups is 3. The van der Waals surface area contributed by atoms with Gasteiger partial charge in [0.15, 0.2) is 0 Å². The SMILES string of the molecule is C[C@@]12C[C@@H]1CN(C(=O)CN(C=O)c1ccc(OCc3ccccc3)cc1)[C@@H]2C(=O)NCc1cc(C(=N)N)cs1. The van der Waals surface area contributed by atoms with Crippen LogP contribution in [0.4, 0.5) is 5.69 Å². The number of likely N-dealkylation sites (tertiary alicyclic amines) is 1. The average Bonchev–Trinajstić information content (AvgIpc) is 3.26. The first-order valence-electron chi connectivity index (χ1n) is 12.8. The number of ether oxygens (including phenoxy) is 1. The fraction of sp³-hybridized carbons (Fsp3) is 0.310. The highest BCUT2D eigenvalue weighted by atomic mass is 32.1. The lowest BCUT2D eigenvalue weighted by Gasteiger charge is -2.31. The maximum absolute atomic E-state index is 13.4. The lowest BCUT2D eigenvalue weighted by atomic mass is 9.97. The highest BCUT2D eigenvalue weighted by Crippen LogP contribution is 2.61. The van der Waals surface area contributed by atoms with E-state index in [9.17, 15) is 14.4 Å². The Morgan fingerprint density at radius 3 is 2.64 bits per heavy atom. The molecule has 0 radical (unpaired) electrons. The van der Waals surface area contributed by atoms with Gasteiger partial charge in [-0.05, 0) is 48.2 Å². The predicted molar refractivity (Wildman–Crippen MR) is 150 cm³/mol. The molecule has 0 unspecified atom stereocenters. The number of amides is 3. The number of amidine groups is 1. The molecule has 3 atom stereocenters. The van der Waals surface area contributed by atoms with E-state index in [2.05, 4.69) is 5.32 Å². The monoisotopic (exact) mass is 545 g/mol. The zero-order valence-electron chi connectivity index (χ0n) is 21.6. The van der Waals surface area contributed by atoms with Crippen molar-refractivity contribution in [2.24, 2.45) is 17.1 Å². The molecule has 1 saturated heterocycles. The molecule has 2 fully saturated rings. The Kier molecular flexibility index (Phi) is 7.38. The van der Waals surface area contributed by atoms with Crippen molar-refractivity contribution in [1.82, 2.24) is 10.2 Å². The molecule has 1 saturated carbocycles. The van der Waals surface area contributed by atoms with E-state index in [1.54, 1.807) is 40.6 Å². The number of carbonyl (C=O) groups excluding carboxylic acids is 3. The second kappa shape index (κ2) is 10.9. The Balaban J connectivity index is 1.20. The second-order valence-corrected chi connectivity index (χ2v) is 11.3. The van der Waals surface area contributed by atoms with Gasteiger partial charge in [-0.25, -0.2) is 0 Å². The Hall–Kier alpha value is -4.18. The van der Waals surface area contributed by atoms with E-state index in [-0.39, 0.29) is 35.5 Å². The first-order chi connectivity index (χ1) is 18.8. The topological polar surface area (TPSA) is 129 Å². The minimum atomic E-state index is -0.593. The van der Waals surface area contributed by atoms with Crippen molar-refractivity contribution in [3.8, 4) is 5.75 Å². The summed E-state index contributed by atoms with van der Waals surface area (Å²) in [4.78, 5) is 42.4. The Morgan fingerprint density at radius 2 is 1.97 bits per heavy atom. The number of piperidine rings is 1. The molecular formula is C29H31N5O4S. The molecule has 39 heavy (non-hydrogen) atoms. The molecule has 4 N–H and O–H groups in total. The van der Waals surface area contributed by atoms with Crippen LogP contribution in [0.2, 0.25) is 0 Å². The van der Waals surface area contributed by atoms with Crippen molar-refractivity contribution in [2.75, 3.05) is 18.0 Å². The molecule has 9 nitrogen and oxygen atoms in total. The maximum Gasteiger partial charge on any atom is 0.243 e. The number of nitrogen functional groups attached to an aromatic ring is 1. The van der Waals surface area contributed by atoms with Crippen molar-refractivity contribution in [1.29, 1.82) is 5.41 Å². The van der Waals surface area contributed by atoms with Crippen LogP contribution in [0.3, 0.4) is 0 Å². The summed E-state index contributed by atoms with van der Waals surface area (Å²) < 4.78 is 5.82. The van der Waals surface area contributed by atoms with Gasteiger partial charge >= 0.3 is 0 Å². The van der Waals surface area contributed by atoms with Crippen LogP contribution in [-0.4, -0.2) is 48.1 Å². The molecule has 2 aliphatic rings. The lowest BCUT2D eigenvalue weighted by Crippen LogP contribution is -2.52. The van der Waals surface area contributed by atoms with Crippen molar-refractivity contribution in [3.05, 3.63) is 82.0 Å². The first kappa shape index (κ1) is 26.4. The summed E-state index contributed by atoms with van der Waals surface area (Å²) in [6, 6.07) is 18.0. The van der Waals surface area contributed by atoms with E-state index in [0.717, 1.165) is 16.9 Å². The van der Waals surface area contributed by atoms with Gasteiger partial charge in [0.2, 0.25) is 18.2 Å². The van der Waals surface area contributed by atoms with E-state index in [0.29, 0.717) is 43.1 Å². The maximum atomic E-state index is 13.4. The molecule has 3 aromatic rings. The van der Waals surface area contributed by atoms with E-state index in [1.165, 1.54) is 16.2 Å². The number of nitrogens with two attached hydrogens (primary N) is 1. The fourth-order valence-corrected chi connectivity index (χ4v) is 6.08. The number of benzene rings is 2. The summed E-state index contributed by atoms with van der Waals surface area (Å²) >= 11 is 1.42. The second-order valence-electron chi connectivity index (χ2n) is 10.3. The smallest absolute Gasteiger partial charge is 0.243 e. The predicted octanol–water partition coefficient (Wildman–Crippen LogP) is 3.13. The largest absolute Gasteiger partial charge is 0.489 e. The van der Waals surface area contributed by atoms with Crippen LogP contribution in [0.1, 0.15) is 29.3 Å². The van der Waals surface area contributed by atoms with Crippen molar-refractivity contribution < 1.29 is 19.1 Å². The minimum absolute atomic E-state index is 0.0150. The molecular weight excluding hydrogens is 514 g/mol. The molecule has 1 aliphatic heterocycles. The van der Waals surface area contributed by atoms with Gasteiger partial charge < -0.3 is 25.6 Å². The summed E-state index contributed by atoms with van der Waals surface area (Å²) in [5.74, 6) is 0.439. The van der Waals surface area contributed by atoms with Gasteiger partial charge in [-0.3, -0.25) is 19.8 Å². The Morgan fingerprint density at radius 1 is 1.23 bits per heavy atom. The number of hydrogen-bond acceptors (Lipinski definition) is 6. The standard InChI is InChI=1S/C29H31N5O4S/c1-29-12-21(29)14-34(26(29)28(37)32-13-24-11-20(17-39-24)27(30)31)25(36)15-33(18-35)22-7-9-23(10-8-22)38-16-19-5-3-2-4-6-19/h2-11,17-18,21,26H,12-16H2,1H3,(H3,30,31)(H,32,37)/t21-,26-,29-/m1/s1. The molecule has 1 aromatic heterocycles. The third-order valence-corrected chi connectivity index (χ3v) is 8.57. The number of fused-ring (bicyclic) bond motifs is 1. The third kappa shape index (κ3) is 5.65. The number of rotatable bonds is 11. The molecule has 202 valence electrons. The zero-order valence-corrected chi connectivity index (χ0v) is 22.4. The molecule has 5 rings (SSSR count).